The molecule has 10 aromatic heterocycles. The summed E-state index contributed by atoms with van der Waals surface area (Å²) in [6.45, 7) is 37.9. The maximum atomic E-state index is 5.86. The minimum atomic E-state index is -0.344. The van der Waals surface area contributed by atoms with E-state index in [0.717, 1.165) is 63.5 Å². The van der Waals surface area contributed by atoms with E-state index in [2.05, 4.69) is 426 Å². The normalized spacial score (nSPS) is 17.4. The van der Waals surface area contributed by atoms with Crippen molar-refractivity contribution in [1.82, 2.24) is 47.8 Å². The quantitative estimate of drug-likeness (QED) is 0.0893. The maximum absolute atomic E-state index is 5.86. The summed E-state index contributed by atoms with van der Waals surface area (Å²) in [7, 11) is 20.7. The van der Waals surface area contributed by atoms with Crippen LogP contribution in [0.4, 0.5) is 62.4 Å². The van der Waals surface area contributed by atoms with Crippen LogP contribution in [-0.2, 0) is 98.2 Å². The van der Waals surface area contributed by atoms with Crippen LogP contribution in [0.25, 0.3) is 21.9 Å². The fourth-order valence-electron chi connectivity index (χ4n) is 20.4. The van der Waals surface area contributed by atoms with Gasteiger partial charge in [-0.3, -0.25) is 4.68 Å². The van der Waals surface area contributed by atoms with Gasteiger partial charge in [-0.1, -0.05) is 89.4 Å². The molecule has 5 aliphatic rings. The van der Waals surface area contributed by atoms with Crippen molar-refractivity contribution >= 4 is 107 Å². The summed E-state index contributed by atoms with van der Waals surface area (Å²) in [5.74, 6) is 2.05. The lowest BCUT2D eigenvalue weighted by molar-refractivity contribution is -0.660. The Balaban J connectivity index is 0.000000117. The Morgan fingerprint density at radius 1 is 0.386 bits per heavy atom. The third-order valence-electron chi connectivity index (χ3n) is 26.7. The predicted octanol–water partition coefficient (Wildman–Crippen LogP) is 17.7. The summed E-state index contributed by atoms with van der Waals surface area (Å²) < 4.78 is 38.8. The number of aromatic nitrogens is 13. The molecular formula is C99H126N23O3S2+5. The van der Waals surface area contributed by atoms with Gasteiger partial charge in [0.05, 0.1) is 114 Å². The third kappa shape index (κ3) is 15.0. The fourth-order valence-corrected chi connectivity index (χ4v) is 22.3. The second kappa shape index (κ2) is 33.5. The largest absolute Gasteiger partial charge is 0.463 e. The summed E-state index contributed by atoms with van der Waals surface area (Å²) in [4.78, 5) is 33.1. The zero-order valence-electron chi connectivity index (χ0n) is 78.8. The highest BCUT2D eigenvalue weighted by Crippen LogP contribution is 2.53. The molecule has 0 saturated carbocycles. The van der Waals surface area contributed by atoms with Crippen molar-refractivity contribution in [3.63, 3.8) is 0 Å². The molecule has 15 aromatic rings. The molecule has 0 N–H and O–H groups in total. The molecule has 0 unspecified atom stereocenters. The van der Waals surface area contributed by atoms with Crippen LogP contribution in [0.2, 0.25) is 0 Å². The van der Waals surface area contributed by atoms with Crippen LogP contribution < -0.4 is 62.0 Å². The molecule has 0 radical (unpaired) electrons. The fraction of sp³-hybridized carbons (Fsp3) is 0.374. The lowest BCUT2D eigenvalue weighted by Crippen LogP contribution is -2.51. The van der Waals surface area contributed by atoms with Crippen LogP contribution in [0.15, 0.2) is 257 Å². The van der Waals surface area contributed by atoms with Crippen LogP contribution >= 0.6 is 22.7 Å². The zero-order valence-corrected chi connectivity index (χ0v) is 80.4. The first-order chi connectivity index (χ1) is 60.4. The van der Waals surface area contributed by atoms with Gasteiger partial charge in [-0.2, -0.15) is 19.8 Å². The van der Waals surface area contributed by atoms with Gasteiger partial charge in [0.25, 0.3) is 0 Å². The van der Waals surface area contributed by atoms with Gasteiger partial charge in [-0.15, -0.1) is 0 Å². The van der Waals surface area contributed by atoms with Gasteiger partial charge >= 0.3 is 28.3 Å². The molecule has 0 fully saturated rings. The van der Waals surface area contributed by atoms with E-state index in [1.165, 1.54) is 61.0 Å². The van der Waals surface area contributed by atoms with Gasteiger partial charge in [-0.05, 0) is 202 Å². The Kier molecular flexibility index (Phi) is 23.1. The van der Waals surface area contributed by atoms with Crippen molar-refractivity contribution in [3.05, 3.63) is 283 Å². The summed E-state index contributed by atoms with van der Waals surface area (Å²) in [6.07, 6.45) is 28.9. The standard InChI is InChI=1S/C23H26N5O.2C20H26N5O.C20H25N4S.C16H23N4S/c1-16-27(22-25(4)14-15-29-22)19-12-8-9-13-20(19)28(16)23(2,3)21-24-17-10-6-7-11-18(17)26(21)5;1-14-21-13-18(23(14)6)20(3,4)25-15(2)24(19-22(5)11-12-26-19)16-9-7-8-10-17(16)25;1-14-13-18(23(6)21-14)20(3,4)25-15(2)24(19-22(5)11-12-26-19)16-9-7-8-10-17(16)25;1-15-23(19-21(4)12-13-25-19)10-11-24(15)20(2,3)18-14-16-8-6-7-9-17(16)22(18)5;1-13-19(15-18(5)11-12-21-15)9-10-20(13)16(2,3)14-7-6-8-17(14)4/h6-16H,1-5H3;2*7-13,15H,1-6H3;6-15H,1-5H3;6-13H,1-5H3/q5*+1/t16-;3*15-;13-/m11111/s1. The van der Waals surface area contributed by atoms with E-state index in [-0.39, 0.29) is 52.4 Å². The first-order valence-corrected chi connectivity index (χ1v) is 45.4. The van der Waals surface area contributed by atoms with Crippen molar-refractivity contribution in [1.29, 1.82) is 0 Å². The van der Waals surface area contributed by atoms with E-state index >= 15 is 0 Å². The number of aryl methyl sites for hydroxylation is 11. The van der Waals surface area contributed by atoms with Crippen molar-refractivity contribution in [2.75, 3.05) is 39.2 Å². The number of para-hydroxylation sites is 9. The second-order valence-corrected chi connectivity index (χ2v) is 38.3. The van der Waals surface area contributed by atoms with E-state index in [1.807, 2.05) is 91.3 Å². The summed E-state index contributed by atoms with van der Waals surface area (Å²) in [5.41, 5.74) is 15.5. The molecule has 5 atom stereocenters. The summed E-state index contributed by atoms with van der Waals surface area (Å²) in [6, 6.07) is 53.7. The number of benzene rings is 5. The summed E-state index contributed by atoms with van der Waals surface area (Å²) >= 11 is 3.54. The van der Waals surface area contributed by atoms with Crippen LogP contribution in [0.3, 0.4) is 0 Å². The highest BCUT2D eigenvalue weighted by atomic mass is 32.1. The smallest absolute Gasteiger partial charge is 0.396 e. The monoisotopic (exact) mass is 1750 g/mol. The molecule has 20 rings (SSSR count). The first kappa shape index (κ1) is 87.6. The molecule has 0 saturated heterocycles. The molecule has 0 bridgehead atoms. The molecule has 15 heterocycles. The molecule has 26 nitrogen and oxygen atoms in total. The second-order valence-electron chi connectivity index (χ2n) is 36.5. The SMILES string of the molecule is C[C@@H]1N(c2occ[n+]2C)c2ccccc2N1C(C)(C)c1nc2ccccc2n1C.C[C@@H]1N(c2scc[n+]2C)C=CN1C(C)(C)c1cc2ccccc2n1C.C[C@@H]1N(c2scc[n+]2C)C=CN1C(C)(C)c1cccn1C.Cc1cc(C(C)(C)N2c3ccccc3N(c3occ[n+]3C)[C@H]2C)n(C)n1.Cc1ncc(C(C)(C)N2c3ccccc3N(c3occ[n+]3C)[C@H]2C)n1C. The number of hydrogen-bond donors (Lipinski definition) is 0. The Morgan fingerprint density at radius 3 is 1.19 bits per heavy atom. The number of hydrogen-bond acceptors (Lipinski definition) is 18. The Bertz CT molecular complexity index is 6410. The van der Waals surface area contributed by atoms with Gasteiger partial charge in [-0.25, -0.2) is 42.6 Å². The highest BCUT2D eigenvalue weighted by molar-refractivity contribution is 7.13. The van der Waals surface area contributed by atoms with Gasteiger partial charge in [0, 0.05) is 81.5 Å². The number of imidazole rings is 2. The van der Waals surface area contributed by atoms with Crippen LogP contribution in [-0.4, -0.2) is 78.6 Å². The molecule has 0 spiro atoms. The molecule has 662 valence electrons. The van der Waals surface area contributed by atoms with E-state index in [1.54, 1.807) is 41.5 Å². The van der Waals surface area contributed by atoms with Gasteiger partial charge in [0.2, 0.25) is 0 Å². The lowest BCUT2D eigenvalue weighted by atomic mass is 9.96. The van der Waals surface area contributed by atoms with E-state index < -0.39 is 0 Å². The van der Waals surface area contributed by atoms with E-state index in [9.17, 15) is 0 Å². The summed E-state index contributed by atoms with van der Waals surface area (Å²) in [5, 5.41) is 12.6. The van der Waals surface area contributed by atoms with Gasteiger partial charge < -0.3 is 56.0 Å². The number of rotatable bonds is 15. The Labute approximate surface area is 755 Å². The molecular weight excluding hydrogens is 1620 g/mol. The number of nitrogens with zero attached hydrogens (tertiary/aromatic N) is 23. The van der Waals surface area contributed by atoms with Crippen LogP contribution in [0.1, 0.15) is 144 Å². The van der Waals surface area contributed by atoms with E-state index in [4.69, 9.17) is 18.2 Å². The highest BCUT2D eigenvalue weighted by Gasteiger charge is 2.54. The molecule has 0 aliphatic carbocycles. The molecule has 5 aromatic carbocycles. The van der Waals surface area contributed by atoms with E-state index in [0.29, 0.717) is 6.17 Å². The predicted molar refractivity (Wildman–Crippen MR) is 508 cm³/mol. The number of fused-ring (bicyclic) bond motifs is 5. The number of oxazole rings is 3. The van der Waals surface area contributed by atoms with Crippen LogP contribution in [0.5, 0.6) is 0 Å². The average molecular weight is 1750 g/mol. The van der Waals surface area contributed by atoms with Crippen molar-refractivity contribution in [3.8, 4) is 0 Å². The van der Waals surface area contributed by atoms with Gasteiger partial charge in [0.1, 0.15) is 73.8 Å². The zero-order chi connectivity index (χ0) is 90.6. The first-order valence-electron chi connectivity index (χ1n) is 43.7. The third-order valence-corrected chi connectivity index (χ3v) is 28.7. The Hall–Kier alpha value is -12.8. The molecule has 5 aliphatic heterocycles. The minimum Gasteiger partial charge on any atom is -0.396 e. The maximum Gasteiger partial charge on any atom is 0.463 e. The van der Waals surface area contributed by atoms with Crippen LogP contribution in [0, 0.1) is 13.8 Å². The van der Waals surface area contributed by atoms with Crippen molar-refractivity contribution < 1.29 is 36.1 Å². The molecule has 0 amide bonds. The average Bonchev–Trinajstić information content (AvgIpc) is 1.58. The van der Waals surface area contributed by atoms with Crippen molar-refractivity contribution in [2.45, 2.75) is 176 Å². The number of thiazole rings is 2. The lowest BCUT2D eigenvalue weighted by Gasteiger charge is -2.39. The topological polar surface area (TPSA) is 155 Å². The van der Waals surface area contributed by atoms with Crippen molar-refractivity contribution in [2.24, 2.45) is 70.5 Å². The Morgan fingerprint density at radius 2 is 0.803 bits per heavy atom. The minimum absolute atomic E-state index is 0.0552. The molecule has 127 heavy (non-hydrogen) atoms. The molecule has 28 heteroatoms. The number of anilines is 11. The van der Waals surface area contributed by atoms with Gasteiger partial charge in [0.15, 0.2) is 47.9 Å².